The molecule has 1 saturated heterocycles. The number of hydrogen-bond acceptors (Lipinski definition) is 4. The second-order valence-electron chi connectivity index (χ2n) is 13.0. The Morgan fingerprint density at radius 2 is 1.63 bits per heavy atom. The average molecular weight is 521 g/mol. The largest absolute Gasteiger partial charge is 0.496 e. The summed E-state index contributed by atoms with van der Waals surface area (Å²) < 4.78 is 6.06. The lowest BCUT2D eigenvalue weighted by atomic mass is 9.63. The van der Waals surface area contributed by atoms with E-state index < -0.39 is 0 Å². The molecule has 0 amide bonds. The van der Waals surface area contributed by atoms with Gasteiger partial charge in [-0.3, -0.25) is 0 Å². The fourth-order valence-electron chi connectivity index (χ4n) is 6.66. The molecule has 1 aliphatic heterocycles. The van der Waals surface area contributed by atoms with Gasteiger partial charge < -0.3 is 19.6 Å². The van der Waals surface area contributed by atoms with Gasteiger partial charge in [-0.15, -0.1) is 0 Å². The van der Waals surface area contributed by atoms with Gasteiger partial charge in [0.05, 0.1) is 7.11 Å². The lowest BCUT2D eigenvalue weighted by Gasteiger charge is -2.42. The molecule has 1 fully saturated rings. The fraction of sp³-hybridized carbons (Fsp3) is 0.647. The zero-order chi connectivity index (χ0) is 27.3. The number of methoxy groups -OCH3 is 1. The van der Waals surface area contributed by atoms with Crippen molar-refractivity contribution >= 4 is 5.57 Å². The maximum Gasteiger partial charge on any atom is 0.126 e. The Bertz CT molecular complexity index is 1060. The summed E-state index contributed by atoms with van der Waals surface area (Å²) in [6.07, 6.45) is 13.6. The number of fused-ring (bicyclic) bond motifs is 1. The van der Waals surface area contributed by atoms with E-state index in [0.717, 1.165) is 57.6 Å². The Morgan fingerprint density at radius 3 is 2.37 bits per heavy atom. The lowest BCUT2D eigenvalue weighted by molar-refractivity contribution is 0.255. The summed E-state index contributed by atoms with van der Waals surface area (Å²) in [5, 5.41) is 9.05. The monoisotopic (exact) mass is 520 g/mol. The van der Waals surface area contributed by atoms with Gasteiger partial charge in [0.2, 0.25) is 0 Å². The molecule has 4 rings (SSSR count). The van der Waals surface area contributed by atoms with Crippen molar-refractivity contribution in [1.29, 1.82) is 0 Å². The van der Waals surface area contributed by atoms with E-state index in [4.69, 9.17) is 9.84 Å². The number of benzene rings is 1. The summed E-state index contributed by atoms with van der Waals surface area (Å²) in [5.41, 5.74) is 8.86. The molecule has 210 valence electrons. The Labute approximate surface area is 232 Å². The second kappa shape index (κ2) is 12.4. The quantitative estimate of drug-likeness (QED) is 0.368. The molecule has 4 heteroatoms. The van der Waals surface area contributed by atoms with Crippen molar-refractivity contribution in [2.24, 2.45) is 0 Å². The molecule has 1 aromatic carbocycles. The van der Waals surface area contributed by atoms with Crippen LogP contribution in [0.4, 0.5) is 0 Å². The van der Waals surface area contributed by atoms with Gasteiger partial charge in [0.15, 0.2) is 0 Å². The number of allylic oxidation sites excluding steroid dienone is 5. The lowest BCUT2D eigenvalue weighted by Crippen LogP contribution is -2.33. The first kappa shape index (κ1) is 29.0. The Hall–Kier alpha value is -2.04. The van der Waals surface area contributed by atoms with Crippen LogP contribution in [-0.2, 0) is 15.6 Å². The first-order valence-corrected chi connectivity index (χ1v) is 15.0. The van der Waals surface area contributed by atoms with Crippen LogP contribution in [0.3, 0.4) is 0 Å². The number of aliphatic hydroxyl groups is 1. The van der Waals surface area contributed by atoms with Crippen molar-refractivity contribution in [1.82, 2.24) is 9.80 Å². The van der Waals surface area contributed by atoms with Gasteiger partial charge in [-0.1, -0.05) is 51.5 Å². The standard InChI is InChI=1S/C34H52N2O2/c1-26-11-13-28(36-21-10-20-35(22-23-36)19-8-7-9-24-37)14-16-31(38-6)32(26)27-12-15-29-30(25-27)34(4,5)18-17-33(29,2)3/h12,14-16,25,37H,7-11,13,17-24H2,1-6H3/b28-14+,31-16+,32-26?. The maximum absolute atomic E-state index is 9.05. The van der Waals surface area contributed by atoms with Crippen LogP contribution in [0.1, 0.15) is 103 Å². The summed E-state index contributed by atoms with van der Waals surface area (Å²) in [7, 11) is 1.82. The number of unbranched alkanes of at least 4 members (excludes halogenated alkanes) is 2. The fourth-order valence-corrected chi connectivity index (χ4v) is 6.66. The third-order valence-corrected chi connectivity index (χ3v) is 9.34. The molecule has 2 aliphatic carbocycles. The third-order valence-electron chi connectivity index (χ3n) is 9.34. The average Bonchev–Trinajstić information content (AvgIpc) is 3.13. The molecule has 1 N–H and O–H groups in total. The smallest absolute Gasteiger partial charge is 0.126 e. The number of aliphatic hydroxyl groups excluding tert-OH is 1. The van der Waals surface area contributed by atoms with E-state index in [9.17, 15) is 0 Å². The summed E-state index contributed by atoms with van der Waals surface area (Å²) in [5.74, 6) is 0.979. The Balaban J connectivity index is 1.55. The van der Waals surface area contributed by atoms with Gasteiger partial charge in [0.25, 0.3) is 0 Å². The van der Waals surface area contributed by atoms with E-state index in [2.05, 4.69) is 74.8 Å². The molecule has 3 aliphatic rings. The SMILES string of the molecule is CO/C1=C/C=C(/N2CCCN(CCCCCO)CC2)CCC(C)=C1c1ccc2c(c1)C(C)(C)CCC2(C)C. The van der Waals surface area contributed by atoms with Crippen LogP contribution in [-0.4, -0.2) is 61.3 Å². The first-order valence-electron chi connectivity index (χ1n) is 15.0. The van der Waals surface area contributed by atoms with Gasteiger partial charge in [0.1, 0.15) is 5.76 Å². The van der Waals surface area contributed by atoms with Crippen molar-refractivity contribution in [2.45, 2.75) is 96.8 Å². The second-order valence-corrected chi connectivity index (χ2v) is 13.0. The van der Waals surface area contributed by atoms with E-state index in [-0.39, 0.29) is 10.8 Å². The van der Waals surface area contributed by atoms with Crippen molar-refractivity contribution in [3.05, 3.63) is 64.1 Å². The minimum atomic E-state index is 0.195. The Kier molecular flexibility index (Phi) is 9.47. The van der Waals surface area contributed by atoms with E-state index in [1.54, 1.807) is 0 Å². The van der Waals surface area contributed by atoms with Crippen molar-refractivity contribution in [3.63, 3.8) is 0 Å². The molecule has 4 nitrogen and oxygen atoms in total. The number of nitrogens with zero attached hydrogens (tertiary/aromatic N) is 2. The van der Waals surface area contributed by atoms with Crippen molar-refractivity contribution < 1.29 is 9.84 Å². The molecule has 1 heterocycles. The summed E-state index contributed by atoms with van der Waals surface area (Å²) in [6.45, 7) is 17.9. The van der Waals surface area contributed by atoms with Crippen LogP contribution < -0.4 is 0 Å². The van der Waals surface area contributed by atoms with Gasteiger partial charge in [-0.25, -0.2) is 0 Å². The highest BCUT2D eigenvalue weighted by Crippen LogP contribution is 2.47. The van der Waals surface area contributed by atoms with Crippen molar-refractivity contribution in [3.8, 4) is 0 Å². The number of hydrogen-bond donors (Lipinski definition) is 1. The molecular formula is C34H52N2O2. The van der Waals surface area contributed by atoms with E-state index in [1.165, 1.54) is 65.8 Å². The maximum atomic E-state index is 9.05. The molecule has 0 unspecified atom stereocenters. The minimum Gasteiger partial charge on any atom is -0.496 e. The highest BCUT2D eigenvalue weighted by molar-refractivity contribution is 5.81. The van der Waals surface area contributed by atoms with Gasteiger partial charge in [-0.2, -0.15) is 0 Å². The molecule has 1 aromatic rings. The topological polar surface area (TPSA) is 35.9 Å². The predicted octanol–water partition coefficient (Wildman–Crippen LogP) is 7.19. The van der Waals surface area contributed by atoms with Gasteiger partial charge in [-0.05, 0) is 111 Å². The third kappa shape index (κ3) is 6.57. The molecule has 0 saturated carbocycles. The van der Waals surface area contributed by atoms with Crippen LogP contribution in [0, 0.1) is 0 Å². The number of rotatable bonds is 8. The van der Waals surface area contributed by atoms with E-state index in [0.29, 0.717) is 6.61 Å². The van der Waals surface area contributed by atoms with Crippen LogP contribution >= 0.6 is 0 Å². The molecule has 0 aromatic heterocycles. The molecule has 0 radical (unpaired) electrons. The van der Waals surface area contributed by atoms with Crippen LogP contribution in [0.5, 0.6) is 0 Å². The van der Waals surface area contributed by atoms with E-state index in [1.807, 2.05) is 7.11 Å². The van der Waals surface area contributed by atoms with E-state index >= 15 is 0 Å². The summed E-state index contributed by atoms with van der Waals surface area (Å²) in [6, 6.07) is 7.20. The highest BCUT2D eigenvalue weighted by atomic mass is 16.5. The molecular weight excluding hydrogens is 468 g/mol. The zero-order valence-electron chi connectivity index (χ0n) is 25.0. The molecule has 0 spiro atoms. The zero-order valence-corrected chi connectivity index (χ0v) is 25.0. The molecule has 0 atom stereocenters. The normalized spacial score (nSPS) is 24.9. The Morgan fingerprint density at radius 1 is 0.868 bits per heavy atom. The van der Waals surface area contributed by atoms with Crippen LogP contribution in [0.15, 0.2) is 47.4 Å². The number of ether oxygens (including phenoxy) is 1. The highest BCUT2D eigenvalue weighted by Gasteiger charge is 2.37. The van der Waals surface area contributed by atoms with Crippen LogP contribution in [0.25, 0.3) is 5.57 Å². The first-order chi connectivity index (χ1) is 18.2. The molecule has 38 heavy (non-hydrogen) atoms. The predicted molar refractivity (Wildman–Crippen MR) is 160 cm³/mol. The summed E-state index contributed by atoms with van der Waals surface area (Å²) in [4.78, 5) is 5.22. The van der Waals surface area contributed by atoms with Gasteiger partial charge >= 0.3 is 0 Å². The van der Waals surface area contributed by atoms with Crippen LogP contribution in [0.2, 0.25) is 0 Å². The molecule has 0 bridgehead atoms. The summed E-state index contributed by atoms with van der Waals surface area (Å²) >= 11 is 0. The van der Waals surface area contributed by atoms with Crippen molar-refractivity contribution in [2.75, 3.05) is 46.4 Å². The van der Waals surface area contributed by atoms with Gasteiger partial charge in [0, 0.05) is 37.5 Å². The minimum absolute atomic E-state index is 0.195.